The van der Waals surface area contributed by atoms with Gasteiger partial charge in [0.25, 0.3) is 0 Å². The van der Waals surface area contributed by atoms with Crippen molar-refractivity contribution in [2.24, 2.45) is 0 Å². The van der Waals surface area contributed by atoms with Gasteiger partial charge in [0.05, 0.1) is 0 Å². The van der Waals surface area contributed by atoms with Gasteiger partial charge in [-0.25, -0.2) is 9.97 Å². The molecule has 4 nitrogen and oxygen atoms in total. The average Bonchev–Trinajstić information content (AvgIpc) is 2.53. The fourth-order valence-electron chi connectivity index (χ4n) is 1.71. The highest BCUT2D eigenvalue weighted by molar-refractivity contribution is 7.99. The van der Waals surface area contributed by atoms with Crippen LogP contribution in [0.2, 0.25) is 0 Å². The summed E-state index contributed by atoms with van der Waals surface area (Å²) in [6.07, 6.45) is 2.11. The van der Waals surface area contributed by atoms with E-state index in [0.717, 1.165) is 29.6 Å². The molecule has 106 valence electrons. The minimum Gasteiger partial charge on any atom is -0.373 e. The van der Waals surface area contributed by atoms with Crippen molar-refractivity contribution in [2.45, 2.75) is 12.2 Å². The molecule has 20 heavy (non-hydrogen) atoms. The highest BCUT2D eigenvalue weighted by Crippen LogP contribution is 2.20. The number of benzene rings is 1. The Hall–Kier alpha value is -1.75. The van der Waals surface area contributed by atoms with E-state index in [2.05, 4.69) is 33.8 Å². The van der Waals surface area contributed by atoms with Crippen molar-refractivity contribution in [3.8, 4) is 11.4 Å². The molecule has 1 aromatic carbocycles. The van der Waals surface area contributed by atoms with Gasteiger partial charge in [-0.1, -0.05) is 37.3 Å². The van der Waals surface area contributed by atoms with Gasteiger partial charge in [0.15, 0.2) is 5.82 Å². The minimum absolute atomic E-state index is 0.545. The zero-order chi connectivity index (χ0) is 14.4. The summed E-state index contributed by atoms with van der Waals surface area (Å²) < 4.78 is 0. The number of thioether (sulfide) groups is 1. The lowest BCUT2D eigenvalue weighted by Crippen LogP contribution is -2.14. The van der Waals surface area contributed by atoms with Crippen LogP contribution in [-0.2, 0) is 0 Å². The van der Waals surface area contributed by atoms with Gasteiger partial charge in [-0.05, 0) is 6.26 Å². The van der Waals surface area contributed by atoms with E-state index in [9.17, 15) is 0 Å². The molecule has 5 heteroatoms. The Balaban J connectivity index is 2.25. The molecule has 0 radical (unpaired) electrons. The number of hydrogen-bond acceptors (Lipinski definition) is 5. The van der Waals surface area contributed by atoms with Crippen molar-refractivity contribution in [3.63, 3.8) is 0 Å². The highest BCUT2D eigenvalue weighted by Gasteiger charge is 2.07. The van der Waals surface area contributed by atoms with E-state index >= 15 is 0 Å². The lowest BCUT2D eigenvalue weighted by molar-refractivity contribution is 0.987. The quantitative estimate of drug-likeness (QED) is 0.853. The van der Waals surface area contributed by atoms with E-state index in [1.165, 1.54) is 0 Å². The number of rotatable bonds is 6. The van der Waals surface area contributed by atoms with Crippen molar-refractivity contribution in [2.75, 3.05) is 30.5 Å². The third-order valence-corrected chi connectivity index (χ3v) is 3.96. The third kappa shape index (κ3) is 3.87. The molecule has 1 aromatic heterocycles. The fourth-order valence-corrected chi connectivity index (χ4v) is 1.96. The smallest absolute Gasteiger partial charge is 0.163 e. The number of anilines is 2. The number of nitrogens with zero attached hydrogens (tertiary/aromatic N) is 2. The second-order valence-electron chi connectivity index (χ2n) is 4.51. The molecule has 0 spiro atoms. The second kappa shape index (κ2) is 7.14. The lowest BCUT2D eigenvalue weighted by Gasteiger charge is -2.12. The van der Waals surface area contributed by atoms with Crippen LogP contribution >= 0.6 is 11.8 Å². The van der Waals surface area contributed by atoms with Gasteiger partial charge in [0.1, 0.15) is 11.6 Å². The zero-order valence-corrected chi connectivity index (χ0v) is 12.9. The van der Waals surface area contributed by atoms with Crippen LogP contribution in [-0.4, -0.2) is 35.1 Å². The molecule has 0 fully saturated rings. The summed E-state index contributed by atoms with van der Waals surface area (Å²) in [5.41, 5.74) is 1.02. The van der Waals surface area contributed by atoms with Crippen LogP contribution in [0.4, 0.5) is 11.6 Å². The van der Waals surface area contributed by atoms with Crippen molar-refractivity contribution >= 4 is 23.4 Å². The number of aromatic nitrogens is 2. The number of nitrogens with one attached hydrogen (secondary N) is 2. The molecule has 0 saturated heterocycles. The van der Waals surface area contributed by atoms with Gasteiger partial charge >= 0.3 is 0 Å². The molecule has 2 aromatic rings. The molecular weight excluding hydrogens is 268 g/mol. The van der Waals surface area contributed by atoms with Crippen molar-refractivity contribution in [3.05, 3.63) is 36.4 Å². The molecule has 0 amide bonds. The van der Waals surface area contributed by atoms with Crippen LogP contribution in [0.25, 0.3) is 11.4 Å². The van der Waals surface area contributed by atoms with Gasteiger partial charge < -0.3 is 10.6 Å². The predicted molar refractivity (Wildman–Crippen MR) is 88.5 cm³/mol. The van der Waals surface area contributed by atoms with Crippen LogP contribution in [0.1, 0.15) is 6.92 Å². The maximum Gasteiger partial charge on any atom is 0.163 e. The Labute approximate surface area is 124 Å². The molecule has 0 bridgehead atoms. The monoisotopic (exact) mass is 288 g/mol. The molecule has 0 aliphatic carbocycles. The summed E-state index contributed by atoms with van der Waals surface area (Å²) in [5.74, 6) is 2.40. The van der Waals surface area contributed by atoms with Crippen LogP contribution in [0, 0.1) is 0 Å². The first-order valence-electron chi connectivity index (χ1n) is 6.62. The molecular formula is C15H20N4S. The Bertz CT molecular complexity index is 545. The standard InChI is InChI=1S/C15H20N4S/c1-11(20-3)10-17-14-9-13(16-2)18-15(19-14)12-7-5-4-6-8-12/h4-9,11H,10H2,1-3H3,(H2,16,17,18,19). The van der Waals surface area contributed by atoms with E-state index in [4.69, 9.17) is 0 Å². The molecule has 1 unspecified atom stereocenters. The van der Waals surface area contributed by atoms with E-state index in [0.29, 0.717) is 5.25 Å². The minimum atomic E-state index is 0.545. The van der Waals surface area contributed by atoms with E-state index in [1.54, 1.807) is 0 Å². The van der Waals surface area contributed by atoms with Crippen LogP contribution in [0.15, 0.2) is 36.4 Å². The summed E-state index contributed by atoms with van der Waals surface area (Å²) in [7, 11) is 1.87. The summed E-state index contributed by atoms with van der Waals surface area (Å²) in [6.45, 7) is 3.07. The summed E-state index contributed by atoms with van der Waals surface area (Å²) in [6, 6.07) is 11.9. The summed E-state index contributed by atoms with van der Waals surface area (Å²) in [5, 5.41) is 7.00. The van der Waals surface area contributed by atoms with Crippen molar-refractivity contribution in [1.29, 1.82) is 0 Å². The zero-order valence-electron chi connectivity index (χ0n) is 12.1. The fraction of sp³-hybridized carbons (Fsp3) is 0.333. The maximum atomic E-state index is 4.59. The van der Waals surface area contributed by atoms with E-state index in [1.807, 2.05) is 55.2 Å². The van der Waals surface area contributed by atoms with Crippen LogP contribution in [0.3, 0.4) is 0 Å². The molecule has 0 saturated carbocycles. The van der Waals surface area contributed by atoms with Gasteiger partial charge in [-0.2, -0.15) is 11.8 Å². The molecule has 0 aliphatic rings. The largest absolute Gasteiger partial charge is 0.373 e. The molecule has 0 aliphatic heterocycles. The first-order valence-corrected chi connectivity index (χ1v) is 7.90. The lowest BCUT2D eigenvalue weighted by atomic mass is 10.2. The normalized spacial score (nSPS) is 11.9. The Morgan fingerprint density at radius 3 is 2.50 bits per heavy atom. The van der Waals surface area contributed by atoms with Crippen LogP contribution < -0.4 is 10.6 Å². The molecule has 1 atom stereocenters. The third-order valence-electron chi connectivity index (χ3n) is 2.99. The molecule has 2 N–H and O–H groups in total. The van der Waals surface area contributed by atoms with Crippen molar-refractivity contribution < 1.29 is 0 Å². The van der Waals surface area contributed by atoms with Gasteiger partial charge in [0.2, 0.25) is 0 Å². The number of hydrogen-bond donors (Lipinski definition) is 2. The topological polar surface area (TPSA) is 49.8 Å². The average molecular weight is 288 g/mol. The summed E-state index contributed by atoms with van der Waals surface area (Å²) >= 11 is 1.83. The second-order valence-corrected chi connectivity index (χ2v) is 5.78. The van der Waals surface area contributed by atoms with Gasteiger partial charge in [0, 0.05) is 30.5 Å². The predicted octanol–water partition coefficient (Wildman–Crippen LogP) is 3.35. The Morgan fingerprint density at radius 1 is 1.15 bits per heavy atom. The van der Waals surface area contributed by atoms with Crippen molar-refractivity contribution in [1.82, 2.24) is 9.97 Å². The molecule has 1 heterocycles. The van der Waals surface area contributed by atoms with Crippen LogP contribution in [0.5, 0.6) is 0 Å². The summed E-state index contributed by atoms with van der Waals surface area (Å²) in [4.78, 5) is 9.09. The van der Waals surface area contributed by atoms with Gasteiger partial charge in [-0.3, -0.25) is 0 Å². The van der Waals surface area contributed by atoms with Gasteiger partial charge in [-0.15, -0.1) is 0 Å². The molecule has 2 rings (SSSR count). The Morgan fingerprint density at radius 2 is 1.85 bits per heavy atom. The Kier molecular flexibility index (Phi) is 5.24. The highest BCUT2D eigenvalue weighted by atomic mass is 32.2. The first kappa shape index (κ1) is 14.7. The van der Waals surface area contributed by atoms with E-state index in [-0.39, 0.29) is 0 Å². The maximum absolute atomic E-state index is 4.59. The first-order chi connectivity index (χ1) is 9.72. The van der Waals surface area contributed by atoms with E-state index < -0.39 is 0 Å². The SMILES string of the molecule is CNc1cc(NCC(C)SC)nc(-c2ccccc2)n1.